The minimum Gasteiger partial charge on any atom is -0.469 e. The van der Waals surface area contributed by atoms with Crippen LogP contribution in [0.1, 0.15) is 6.92 Å². The van der Waals surface area contributed by atoms with Gasteiger partial charge in [-0.25, -0.2) is 0 Å². The largest absolute Gasteiger partial charge is 0.469 e. The van der Waals surface area contributed by atoms with Crippen LogP contribution in [0.25, 0.3) is 0 Å². The highest BCUT2D eigenvalue weighted by Crippen LogP contribution is 2.29. The number of rotatable bonds is 4. The minimum absolute atomic E-state index is 0.0592. The van der Waals surface area contributed by atoms with E-state index < -0.39 is 16.8 Å². The lowest BCUT2D eigenvalue weighted by molar-refractivity contribution is -0.384. The summed E-state index contributed by atoms with van der Waals surface area (Å²) < 4.78 is 5.15. The van der Waals surface area contributed by atoms with Crippen molar-refractivity contribution in [3.05, 3.63) is 32.8 Å². The fourth-order valence-electron chi connectivity index (χ4n) is 1.15. The van der Waals surface area contributed by atoms with Gasteiger partial charge in [-0.3, -0.25) is 19.9 Å². The number of aliphatic imine (C=N–C) groups is 1. The molecule has 0 bridgehead atoms. The van der Waals surface area contributed by atoms with E-state index >= 15 is 0 Å². The summed E-state index contributed by atoms with van der Waals surface area (Å²) in [7, 11) is 1.29. The van der Waals surface area contributed by atoms with Gasteiger partial charge in [-0.1, -0.05) is 0 Å². The molecule has 0 saturated heterocycles. The Kier molecular flexibility index (Phi) is 4.96. The number of methoxy groups -OCH3 is 1. The van der Waals surface area contributed by atoms with Crippen molar-refractivity contribution in [2.24, 2.45) is 10.9 Å². The van der Waals surface area contributed by atoms with Gasteiger partial charge in [-0.2, -0.15) is 0 Å². The van der Waals surface area contributed by atoms with Gasteiger partial charge in [0, 0.05) is 22.8 Å². The number of esters is 1. The molecule has 0 amide bonds. The zero-order valence-electron chi connectivity index (χ0n) is 9.79. The Balaban J connectivity index is 2.96. The molecule has 0 saturated carbocycles. The van der Waals surface area contributed by atoms with Crippen molar-refractivity contribution >= 4 is 39.5 Å². The monoisotopic (exact) mass is 314 g/mol. The van der Waals surface area contributed by atoms with Crippen molar-refractivity contribution in [2.75, 3.05) is 7.11 Å². The summed E-state index contributed by atoms with van der Waals surface area (Å²) in [6, 6.07) is 4.23. The molecule has 1 unspecified atom stereocenters. The first kappa shape index (κ1) is 14.3. The van der Waals surface area contributed by atoms with Gasteiger partial charge >= 0.3 is 5.97 Å². The molecule has 0 fully saturated rings. The van der Waals surface area contributed by atoms with Crippen molar-refractivity contribution in [3.63, 3.8) is 0 Å². The summed E-state index contributed by atoms with van der Waals surface area (Å²) in [4.78, 5) is 25.3. The van der Waals surface area contributed by atoms with E-state index in [0.717, 1.165) is 0 Å². The lowest BCUT2D eigenvalue weighted by Crippen LogP contribution is -2.13. The number of benzene rings is 1. The summed E-state index contributed by atoms with van der Waals surface area (Å²) in [5.74, 6) is -0.929. The van der Waals surface area contributed by atoms with Crippen LogP contribution < -0.4 is 0 Å². The van der Waals surface area contributed by atoms with Crippen LogP contribution in [-0.4, -0.2) is 24.2 Å². The summed E-state index contributed by atoms with van der Waals surface area (Å²) in [6.45, 7) is 1.63. The van der Waals surface area contributed by atoms with Crippen LogP contribution in [0.4, 0.5) is 11.4 Å². The number of hydrogen-bond donors (Lipinski definition) is 0. The standard InChI is InChI=1S/C11H11BrN2O4/c1-7(11(15)18-2)6-13-10-5-8(14(16)17)3-4-9(10)12/h3-7H,1-2H3. The molecule has 0 aliphatic carbocycles. The van der Waals surface area contributed by atoms with E-state index in [2.05, 4.69) is 25.7 Å². The van der Waals surface area contributed by atoms with Gasteiger partial charge in [0.05, 0.1) is 23.6 Å². The third-order valence-corrected chi connectivity index (χ3v) is 2.82. The Morgan fingerprint density at radius 3 is 2.83 bits per heavy atom. The molecule has 0 aliphatic heterocycles. The predicted octanol–water partition coefficient (Wildman–Crippen LogP) is 2.87. The average molecular weight is 315 g/mol. The first-order valence-electron chi connectivity index (χ1n) is 5.01. The lowest BCUT2D eigenvalue weighted by atomic mass is 10.2. The SMILES string of the molecule is COC(=O)C(C)C=Nc1cc([N+](=O)[O-])ccc1Br. The van der Waals surface area contributed by atoms with Gasteiger partial charge in [0.1, 0.15) is 0 Å². The Morgan fingerprint density at radius 2 is 2.28 bits per heavy atom. The smallest absolute Gasteiger partial charge is 0.313 e. The van der Waals surface area contributed by atoms with E-state index in [1.807, 2.05) is 0 Å². The van der Waals surface area contributed by atoms with Gasteiger partial charge in [0.2, 0.25) is 0 Å². The van der Waals surface area contributed by atoms with Crippen LogP contribution in [-0.2, 0) is 9.53 Å². The number of halogens is 1. The summed E-state index contributed by atoms with van der Waals surface area (Å²) in [5, 5.41) is 10.6. The van der Waals surface area contributed by atoms with E-state index in [0.29, 0.717) is 10.2 Å². The number of carbonyl (C=O) groups excluding carboxylic acids is 1. The molecule has 7 heteroatoms. The molecule has 0 aromatic heterocycles. The summed E-state index contributed by atoms with van der Waals surface area (Å²) in [5.41, 5.74) is 0.330. The van der Waals surface area contributed by atoms with Crippen molar-refractivity contribution in [2.45, 2.75) is 6.92 Å². The highest BCUT2D eigenvalue weighted by Gasteiger charge is 2.11. The Hall–Kier alpha value is -1.76. The maximum Gasteiger partial charge on any atom is 0.313 e. The molecule has 0 radical (unpaired) electrons. The first-order valence-corrected chi connectivity index (χ1v) is 5.81. The highest BCUT2D eigenvalue weighted by molar-refractivity contribution is 9.10. The van der Waals surface area contributed by atoms with Crippen molar-refractivity contribution in [3.8, 4) is 0 Å². The van der Waals surface area contributed by atoms with Crippen molar-refractivity contribution < 1.29 is 14.5 Å². The zero-order chi connectivity index (χ0) is 13.7. The Bertz CT molecular complexity index is 502. The van der Waals surface area contributed by atoms with Crippen LogP contribution in [0.5, 0.6) is 0 Å². The normalized spacial score (nSPS) is 12.4. The van der Waals surface area contributed by atoms with Gasteiger partial charge in [-0.05, 0) is 28.9 Å². The fourth-order valence-corrected chi connectivity index (χ4v) is 1.50. The quantitative estimate of drug-likeness (QED) is 0.370. The minimum atomic E-state index is -0.513. The van der Waals surface area contributed by atoms with Crippen LogP contribution in [0.3, 0.4) is 0 Å². The highest BCUT2D eigenvalue weighted by atomic mass is 79.9. The molecule has 18 heavy (non-hydrogen) atoms. The van der Waals surface area contributed by atoms with Gasteiger partial charge < -0.3 is 4.74 Å². The third kappa shape index (κ3) is 3.63. The van der Waals surface area contributed by atoms with E-state index in [1.165, 1.54) is 31.5 Å². The molecule has 1 aromatic rings. The molecule has 0 aliphatic rings. The third-order valence-electron chi connectivity index (χ3n) is 2.15. The predicted molar refractivity (Wildman–Crippen MR) is 70.1 cm³/mol. The summed E-state index contributed by atoms with van der Waals surface area (Å²) >= 11 is 3.23. The summed E-state index contributed by atoms with van der Waals surface area (Å²) in [6.07, 6.45) is 1.38. The van der Waals surface area contributed by atoms with Crippen molar-refractivity contribution in [1.29, 1.82) is 0 Å². The number of nitrogens with zero attached hydrogens (tertiary/aromatic N) is 2. The van der Waals surface area contributed by atoms with Crippen LogP contribution in [0.2, 0.25) is 0 Å². The van der Waals surface area contributed by atoms with Crippen LogP contribution in [0.15, 0.2) is 27.7 Å². The lowest BCUT2D eigenvalue weighted by Gasteiger charge is -2.03. The second-order valence-corrected chi connectivity index (χ2v) is 4.34. The van der Waals surface area contributed by atoms with E-state index in [-0.39, 0.29) is 5.69 Å². The van der Waals surface area contributed by atoms with Crippen LogP contribution in [0, 0.1) is 16.0 Å². The molecule has 96 valence electrons. The topological polar surface area (TPSA) is 81.8 Å². The Morgan fingerprint density at radius 1 is 1.61 bits per heavy atom. The maximum absolute atomic E-state index is 11.2. The van der Waals surface area contributed by atoms with E-state index in [4.69, 9.17) is 0 Å². The van der Waals surface area contributed by atoms with Gasteiger partial charge in [0.15, 0.2) is 0 Å². The molecule has 0 N–H and O–H groups in total. The molecule has 1 rings (SSSR count). The molecular formula is C11H11BrN2O4. The number of non-ortho nitro benzene ring substituents is 1. The molecule has 1 atom stereocenters. The molecular weight excluding hydrogens is 304 g/mol. The number of nitro groups is 1. The number of carbonyl (C=O) groups is 1. The maximum atomic E-state index is 11.2. The van der Waals surface area contributed by atoms with E-state index in [9.17, 15) is 14.9 Å². The second-order valence-electron chi connectivity index (χ2n) is 3.48. The fraction of sp³-hybridized carbons (Fsp3) is 0.273. The zero-order valence-corrected chi connectivity index (χ0v) is 11.4. The van der Waals surface area contributed by atoms with E-state index in [1.54, 1.807) is 6.92 Å². The molecule has 6 nitrogen and oxygen atoms in total. The molecule has 1 aromatic carbocycles. The van der Waals surface area contributed by atoms with Gasteiger partial charge in [0.25, 0.3) is 5.69 Å². The van der Waals surface area contributed by atoms with Crippen LogP contribution >= 0.6 is 15.9 Å². The average Bonchev–Trinajstić information content (AvgIpc) is 2.36. The Labute approximate surface area is 112 Å². The van der Waals surface area contributed by atoms with Crippen molar-refractivity contribution in [1.82, 2.24) is 0 Å². The number of ether oxygens (including phenoxy) is 1. The molecule has 0 heterocycles. The number of hydrogen-bond acceptors (Lipinski definition) is 5. The second kappa shape index (κ2) is 6.25. The van der Waals surface area contributed by atoms with Gasteiger partial charge in [-0.15, -0.1) is 0 Å². The molecule has 0 spiro atoms. The number of nitro benzene ring substituents is 1. The first-order chi connectivity index (χ1) is 8.45.